The maximum absolute atomic E-state index is 2.47. The largest absolute Gasteiger partial charge is 0.0651 e. The Morgan fingerprint density at radius 1 is 0.941 bits per heavy atom. The van der Waals surface area contributed by atoms with Gasteiger partial charge in [0.25, 0.3) is 0 Å². The summed E-state index contributed by atoms with van der Waals surface area (Å²) in [5, 5.41) is 0. The molecule has 0 aliphatic rings. The van der Waals surface area contributed by atoms with Gasteiger partial charge in [-0.2, -0.15) is 0 Å². The van der Waals surface area contributed by atoms with Gasteiger partial charge in [0.1, 0.15) is 0 Å². The molecule has 104 valence electrons. The molecule has 2 unspecified atom stereocenters. The van der Waals surface area contributed by atoms with Crippen LogP contribution in [0.15, 0.2) is 0 Å². The van der Waals surface area contributed by atoms with E-state index in [-0.39, 0.29) is 0 Å². The minimum absolute atomic E-state index is 0.553. The molecule has 2 atom stereocenters. The zero-order valence-electron chi connectivity index (χ0n) is 13.5. The lowest BCUT2D eigenvalue weighted by Gasteiger charge is -2.29. The van der Waals surface area contributed by atoms with E-state index < -0.39 is 0 Å². The highest BCUT2D eigenvalue weighted by molar-refractivity contribution is 4.72. The molecule has 0 heteroatoms. The predicted octanol–water partition coefficient (Wildman–Crippen LogP) is 6.30. The van der Waals surface area contributed by atoms with E-state index in [0.717, 1.165) is 17.8 Å². The summed E-state index contributed by atoms with van der Waals surface area (Å²) >= 11 is 0. The Morgan fingerprint density at radius 3 is 1.88 bits per heavy atom. The molecule has 0 aromatic carbocycles. The highest BCUT2D eigenvalue weighted by Gasteiger charge is 2.21. The number of hydrogen-bond acceptors (Lipinski definition) is 0. The lowest BCUT2D eigenvalue weighted by molar-refractivity contribution is 0.220. The van der Waals surface area contributed by atoms with Crippen LogP contribution in [0.5, 0.6) is 0 Å². The van der Waals surface area contributed by atoms with Gasteiger partial charge in [0.2, 0.25) is 0 Å². The summed E-state index contributed by atoms with van der Waals surface area (Å²) in [6.45, 7) is 16.7. The molecule has 0 saturated heterocycles. The van der Waals surface area contributed by atoms with Crippen LogP contribution in [-0.2, 0) is 0 Å². The number of rotatable bonds is 9. The molecule has 0 nitrogen and oxygen atoms in total. The maximum Gasteiger partial charge on any atom is -0.0357 e. The monoisotopic (exact) mass is 240 g/mol. The Labute approximate surface area is 111 Å². The van der Waals surface area contributed by atoms with E-state index in [0.29, 0.717) is 5.41 Å². The molecule has 0 aliphatic heterocycles. The van der Waals surface area contributed by atoms with Crippen LogP contribution in [0.2, 0.25) is 0 Å². The van der Waals surface area contributed by atoms with Gasteiger partial charge in [0.05, 0.1) is 0 Å². The highest BCUT2D eigenvalue weighted by atomic mass is 14.3. The Hall–Kier alpha value is 0. The molecular formula is C17H36. The summed E-state index contributed by atoms with van der Waals surface area (Å²) in [5.74, 6) is 2.73. The third-order valence-corrected chi connectivity index (χ3v) is 5.16. The summed E-state index contributed by atoms with van der Waals surface area (Å²) in [7, 11) is 0. The normalized spacial score (nSPS) is 16.2. The smallest absolute Gasteiger partial charge is 0.0357 e. The summed E-state index contributed by atoms with van der Waals surface area (Å²) in [6.07, 6.45) is 8.23. The van der Waals surface area contributed by atoms with Crippen LogP contribution in [0.1, 0.15) is 87.0 Å². The molecule has 17 heavy (non-hydrogen) atoms. The van der Waals surface area contributed by atoms with Crippen molar-refractivity contribution in [3.63, 3.8) is 0 Å². The van der Waals surface area contributed by atoms with Gasteiger partial charge in [-0.15, -0.1) is 0 Å². The van der Waals surface area contributed by atoms with E-state index in [4.69, 9.17) is 0 Å². The molecule has 0 fully saturated rings. The first-order valence-corrected chi connectivity index (χ1v) is 7.87. The first-order valence-electron chi connectivity index (χ1n) is 7.87. The zero-order valence-corrected chi connectivity index (χ0v) is 13.5. The van der Waals surface area contributed by atoms with Crippen LogP contribution < -0.4 is 0 Å². The van der Waals surface area contributed by atoms with Gasteiger partial charge in [0, 0.05) is 0 Å². The SMILES string of the molecule is CCC(CC)C(C)C(C)CCCC(C)(C)CC. The minimum Gasteiger partial charge on any atom is -0.0651 e. The van der Waals surface area contributed by atoms with Gasteiger partial charge < -0.3 is 0 Å². The van der Waals surface area contributed by atoms with E-state index in [1.807, 2.05) is 0 Å². The van der Waals surface area contributed by atoms with Gasteiger partial charge in [-0.3, -0.25) is 0 Å². The molecule has 0 aromatic heterocycles. The van der Waals surface area contributed by atoms with Crippen molar-refractivity contribution in [3.8, 4) is 0 Å². The van der Waals surface area contributed by atoms with Crippen molar-refractivity contribution in [3.05, 3.63) is 0 Å². The van der Waals surface area contributed by atoms with E-state index in [1.165, 1.54) is 38.5 Å². The van der Waals surface area contributed by atoms with Crippen molar-refractivity contribution < 1.29 is 0 Å². The Morgan fingerprint density at radius 2 is 1.47 bits per heavy atom. The molecule has 0 aliphatic carbocycles. The molecule has 0 saturated carbocycles. The van der Waals surface area contributed by atoms with Gasteiger partial charge in [-0.05, 0) is 29.6 Å². The molecule has 0 amide bonds. The van der Waals surface area contributed by atoms with Crippen molar-refractivity contribution >= 4 is 0 Å². The van der Waals surface area contributed by atoms with Crippen molar-refractivity contribution in [1.82, 2.24) is 0 Å². The maximum atomic E-state index is 2.47. The van der Waals surface area contributed by atoms with Crippen LogP contribution in [0.4, 0.5) is 0 Å². The van der Waals surface area contributed by atoms with E-state index in [2.05, 4.69) is 48.5 Å². The fourth-order valence-corrected chi connectivity index (χ4v) is 2.84. The fourth-order valence-electron chi connectivity index (χ4n) is 2.84. The average Bonchev–Trinajstić information content (AvgIpc) is 2.30. The molecule has 0 N–H and O–H groups in total. The Balaban J connectivity index is 3.97. The van der Waals surface area contributed by atoms with Gasteiger partial charge >= 0.3 is 0 Å². The molecule has 0 radical (unpaired) electrons. The minimum atomic E-state index is 0.553. The lowest BCUT2D eigenvalue weighted by Crippen LogP contribution is -2.19. The molecule has 0 spiro atoms. The van der Waals surface area contributed by atoms with Gasteiger partial charge in [-0.1, -0.05) is 80.6 Å². The number of hydrogen-bond donors (Lipinski definition) is 0. The van der Waals surface area contributed by atoms with E-state index in [1.54, 1.807) is 0 Å². The first kappa shape index (κ1) is 17.0. The van der Waals surface area contributed by atoms with Crippen LogP contribution in [0, 0.1) is 23.2 Å². The highest BCUT2D eigenvalue weighted by Crippen LogP contribution is 2.32. The predicted molar refractivity (Wildman–Crippen MR) is 80.3 cm³/mol. The van der Waals surface area contributed by atoms with Gasteiger partial charge in [-0.25, -0.2) is 0 Å². The van der Waals surface area contributed by atoms with E-state index in [9.17, 15) is 0 Å². The quantitative estimate of drug-likeness (QED) is 0.443. The van der Waals surface area contributed by atoms with Gasteiger partial charge in [0.15, 0.2) is 0 Å². The average molecular weight is 240 g/mol. The Kier molecular flexibility index (Phi) is 8.16. The molecule has 0 aromatic rings. The first-order chi connectivity index (χ1) is 7.87. The molecule has 0 heterocycles. The van der Waals surface area contributed by atoms with E-state index >= 15 is 0 Å². The summed E-state index contributed by atoms with van der Waals surface area (Å²) in [4.78, 5) is 0. The van der Waals surface area contributed by atoms with Crippen molar-refractivity contribution in [2.24, 2.45) is 23.2 Å². The Bertz CT molecular complexity index is 176. The van der Waals surface area contributed by atoms with Crippen molar-refractivity contribution in [2.75, 3.05) is 0 Å². The van der Waals surface area contributed by atoms with Crippen molar-refractivity contribution in [2.45, 2.75) is 87.0 Å². The van der Waals surface area contributed by atoms with Crippen molar-refractivity contribution in [1.29, 1.82) is 0 Å². The second-order valence-electron chi connectivity index (χ2n) is 6.82. The van der Waals surface area contributed by atoms with Crippen LogP contribution in [-0.4, -0.2) is 0 Å². The second-order valence-corrected chi connectivity index (χ2v) is 6.82. The summed E-state index contributed by atoms with van der Waals surface area (Å²) < 4.78 is 0. The third-order valence-electron chi connectivity index (χ3n) is 5.16. The summed E-state index contributed by atoms with van der Waals surface area (Å²) in [5.41, 5.74) is 0.553. The lowest BCUT2D eigenvalue weighted by atomic mass is 9.77. The standard InChI is InChI=1S/C17H36/c1-8-16(9-2)15(5)14(4)12-11-13-17(6,7)10-3/h14-16H,8-13H2,1-7H3. The van der Waals surface area contributed by atoms with Crippen LogP contribution >= 0.6 is 0 Å². The van der Waals surface area contributed by atoms with Crippen LogP contribution in [0.25, 0.3) is 0 Å². The summed E-state index contributed by atoms with van der Waals surface area (Å²) in [6, 6.07) is 0. The third kappa shape index (κ3) is 6.48. The zero-order chi connectivity index (χ0) is 13.5. The topological polar surface area (TPSA) is 0 Å². The molecule has 0 bridgehead atoms. The fraction of sp³-hybridized carbons (Fsp3) is 1.00. The molecule has 0 rings (SSSR count). The van der Waals surface area contributed by atoms with Crippen LogP contribution in [0.3, 0.4) is 0 Å². The second kappa shape index (κ2) is 8.16. The molecular weight excluding hydrogens is 204 g/mol.